The lowest BCUT2D eigenvalue weighted by Crippen LogP contribution is -2.21. The number of hydrogen-bond donors (Lipinski definition) is 0. The van der Waals surface area contributed by atoms with Crippen LogP contribution in [-0.4, -0.2) is 25.4 Å². The molecular formula is C8H15ClO2. The topological polar surface area (TPSA) is 18.5 Å². The van der Waals surface area contributed by atoms with Crippen molar-refractivity contribution in [3.63, 3.8) is 0 Å². The van der Waals surface area contributed by atoms with Gasteiger partial charge in [0.15, 0.2) is 6.29 Å². The van der Waals surface area contributed by atoms with Crippen molar-refractivity contribution in [3.05, 3.63) is 0 Å². The zero-order valence-electron chi connectivity index (χ0n) is 7.10. The van der Waals surface area contributed by atoms with Crippen LogP contribution in [0.25, 0.3) is 0 Å². The summed E-state index contributed by atoms with van der Waals surface area (Å²) in [7, 11) is 0. The molecule has 0 amide bonds. The second-order valence-electron chi connectivity index (χ2n) is 3.68. The average molecular weight is 179 g/mol. The molecule has 1 aliphatic rings. The van der Waals surface area contributed by atoms with Crippen LogP contribution in [0.5, 0.6) is 0 Å². The molecule has 1 rings (SSSR count). The number of ether oxygens (including phenoxy) is 2. The van der Waals surface area contributed by atoms with E-state index in [4.69, 9.17) is 21.1 Å². The van der Waals surface area contributed by atoms with Crippen LogP contribution in [-0.2, 0) is 9.47 Å². The molecule has 0 spiro atoms. The monoisotopic (exact) mass is 178 g/mol. The SMILES string of the molecule is CC1(C)CCOC(CCl)OC1. The Bertz CT molecular complexity index is 125. The molecule has 0 bridgehead atoms. The second kappa shape index (κ2) is 3.74. The first kappa shape index (κ1) is 9.30. The highest BCUT2D eigenvalue weighted by Crippen LogP contribution is 2.24. The quantitative estimate of drug-likeness (QED) is 0.572. The van der Waals surface area contributed by atoms with Crippen LogP contribution in [0.1, 0.15) is 20.3 Å². The Kier molecular flexibility index (Phi) is 3.16. The van der Waals surface area contributed by atoms with Gasteiger partial charge in [-0.3, -0.25) is 0 Å². The van der Waals surface area contributed by atoms with Crippen LogP contribution >= 0.6 is 11.6 Å². The molecule has 0 aromatic heterocycles. The maximum atomic E-state index is 5.60. The molecule has 1 fully saturated rings. The van der Waals surface area contributed by atoms with Crippen molar-refractivity contribution in [2.45, 2.75) is 26.6 Å². The van der Waals surface area contributed by atoms with Crippen LogP contribution < -0.4 is 0 Å². The van der Waals surface area contributed by atoms with E-state index in [1.165, 1.54) is 0 Å². The van der Waals surface area contributed by atoms with E-state index in [0.717, 1.165) is 19.6 Å². The summed E-state index contributed by atoms with van der Waals surface area (Å²) in [5.74, 6) is 0.427. The van der Waals surface area contributed by atoms with Gasteiger partial charge in [-0.25, -0.2) is 0 Å². The lowest BCUT2D eigenvalue weighted by Gasteiger charge is -2.20. The van der Waals surface area contributed by atoms with Crippen molar-refractivity contribution >= 4 is 11.6 Å². The summed E-state index contributed by atoms with van der Waals surface area (Å²) in [5.41, 5.74) is 0.237. The van der Waals surface area contributed by atoms with Gasteiger partial charge in [0.05, 0.1) is 19.1 Å². The van der Waals surface area contributed by atoms with E-state index in [9.17, 15) is 0 Å². The van der Waals surface area contributed by atoms with E-state index < -0.39 is 0 Å². The van der Waals surface area contributed by atoms with E-state index in [0.29, 0.717) is 5.88 Å². The standard InChI is InChI=1S/C8H15ClO2/c1-8(2)3-4-10-7(5-9)11-6-8/h7H,3-6H2,1-2H3. The summed E-state index contributed by atoms with van der Waals surface area (Å²) < 4.78 is 10.7. The minimum Gasteiger partial charge on any atom is -0.351 e. The van der Waals surface area contributed by atoms with Gasteiger partial charge in [-0.1, -0.05) is 13.8 Å². The fourth-order valence-corrected chi connectivity index (χ4v) is 1.17. The third-order valence-electron chi connectivity index (χ3n) is 1.87. The number of alkyl halides is 1. The van der Waals surface area contributed by atoms with E-state index >= 15 is 0 Å². The fraction of sp³-hybridized carbons (Fsp3) is 1.00. The highest BCUT2D eigenvalue weighted by atomic mass is 35.5. The van der Waals surface area contributed by atoms with Crippen molar-refractivity contribution in [1.29, 1.82) is 0 Å². The smallest absolute Gasteiger partial charge is 0.170 e. The van der Waals surface area contributed by atoms with Crippen LogP contribution in [0.2, 0.25) is 0 Å². The summed E-state index contributed by atoms with van der Waals surface area (Å²) in [4.78, 5) is 0. The summed E-state index contributed by atoms with van der Waals surface area (Å²) in [5, 5.41) is 0. The molecule has 0 N–H and O–H groups in total. The predicted molar refractivity (Wildman–Crippen MR) is 44.8 cm³/mol. The van der Waals surface area contributed by atoms with Gasteiger partial charge in [0.25, 0.3) is 0 Å². The molecule has 1 unspecified atom stereocenters. The van der Waals surface area contributed by atoms with Gasteiger partial charge in [-0.05, 0) is 11.8 Å². The molecule has 3 heteroatoms. The molecule has 66 valence electrons. The van der Waals surface area contributed by atoms with Crippen LogP contribution in [0.4, 0.5) is 0 Å². The van der Waals surface area contributed by atoms with E-state index in [-0.39, 0.29) is 11.7 Å². The first-order valence-corrected chi connectivity index (χ1v) is 4.47. The average Bonchev–Trinajstić information content (AvgIpc) is 2.10. The highest BCUT2D eigenvalue weighted by molar-refractivity contribution is 6.18. The maximum absolute atomic E-state index is 5.60. The lowest BCUT2D eigenvalue weighted by molar-refractivity contribution is -0.116. The van der Waals surface area contributed by atoms with Gasteiger partial charge >= 0.3 is 0 Å². The Morgan fingerprint density at radius 1 is 1.45 bits per heavy atom. The minimum absolute atomic E-state index is 0.196. The summed E-state index contributed by atoms with van der Waals surface area (Å²) >= 11 is 5.60. The molecule has 0 aliphatic carbocycles. The van der Waals surface area contributed by atoms with E-state index in [1.807, 2.05) is 0 Å². The molecule has 1 atom stereocenters. The molecule has 1 aliphatic heterocycles. The first-order valence-electron chi connectivity index (χ1n) is 3.93. The van der Waals surface area contributed by atoms with Gasteiger partial charge in [0, 0.05) is 0 Å². The zero-order chi connectivity index (χ0) is 8.32. The van der Waals surface area contributed by atoms with E-state index in [2.05, 4.69) is 13.8 Å². The Balaban J connectivity index is 2.39. The van der Waals surface area contributed by atoms with Crippen LogP contribution in [0.3, 0.4) is 0 Å². The van der Waals surface area contributed by atoms with Crippen molar-refractivity contribution < 1.29 is 9.47 Å². The van der Waals surface area contributed by atoms with Gasteiger partial charge in [-0.2, -0.15) is 0 Å². The van der Waals surface area contributed by atoms with Gasteiger partial charge in [-0.15, -0.1) is 11.6 Å². The number of halogens is 1. The summed E-state index contributed by atoms with van der Waals surface area (Å²) in [6.07, 6.45) is 0.846. The molecule has 0 radical (unpaired) electrons. The predicted octanol–water partition coefficient (Wildman–Crippen LogP) is 2.01. The molecule has 0 saturated carbocycles. The first-order chi connectivity index (χ1) is 5.14. The molecule has 1 heterocycles. The third kappa shape index (κ3) is 2.97. The molecule has 0 aromatic carbocycles. The molecular weight excluding hydrogens is 164 g/mol. The summed E-state index contributed by atoms with van der Waals surface area (Å²) in [6.45, 7) is 5.84. The number of rotatable bonds is 1. The Morgan fingerprint density at radius 2 is 2.18 bits per heavy atom. The molecule has 0 aromatic rings. The van der Waals surface area contributed by atoms with Crippen LogP contribution in [0.15, 0.2) is 0 Å². The maximum Gasteiger partial charge on any atom is 0.170 e. The summed E-state index contributed by atoms with van der Waals surface area (Å²) in [6, 6.07) is 0. The fourth-order valence-electron chi connectivity index (χ4n) is 0.995. The van der Waals surface area contributed by atoms with Crippen LogP contribution in [0, 0.1) is 5.41 Å². The molecule has 2 nitrogen and oxygen atoms in total. The van der Waals surface area contributed by atoms with E-state index in [1.54, 1.807) is 0 Å². The lowest BCUT2D eigenvalue weighted by atomic mass is 9.91. The normalized spacial score (nSPS) is 31.4. The van der Waals surface area contributed by atoms with Crippen molar-refractivity contribution in [2.75, 3.05) is 19.1 Å². The Hall–Kier alpha value is 0.210. The molecule has 1 saturated heterocycles. The van der Waals surface area contributed by atoms with Gasteiger partial charge in [0.1, 0.15) is 0 Å². The van der Waals surface area contributed by atoms with Gasteiger partial charge < -0.3 is 9.47 Å². The van der Waals surface area contributed by atoms with Crippen molar-refractivity contribution in [2.24, 2.45) is 5.41 Å². The zero-order valence-corrected chi connectivity index (χ0v) is 7.86. The van der Waals surface area contributed by atoms with Gasteiger partial charge in [0.2, 0.25) is 0 Å². The van der Waals surface area contributed by atoms with Crippen molar-refractivity contribution in [1.82, 2.24) is 0 Å². The Labute approximate surface area is 72.8 Å². The Morgan fingerprint density at radius 3 is 2.82 bits per heavy atom. The molecule has 11 heavy (non-hydrogen) atoms. The van der Waals surface area contributed by atoms with Crippen molar-refractivity contribution in [3.8, 4) is 0 Å². The number of hydrogen-bond acceptors (Lipinski definition) is 2. The second-order valence-corrected chi connectivity index (χ2v) is 3.99. The minimum atomic E-state index is -0.196. The highest BCUT2D eigenvalue weighted by Gasteiger charge is 2.24. The largest absolute Gasteiger partial charge is 0.351 e. The third-order valence-corrected chi connectivity index (χ3v) is 2.12.